The Bertz CT molecular complexity index is 1060. The smallest absolute Gasteiger partial charge is 0.311 e. The number of nitrogens with zero attached hydrogens (tertiary/aromatic N) is 5. The Hall–Kier alpha value is -3.99. The minimum absolute atomic E-state index is 0.0350. The van der Waals surface area contributed by atoms with Crippen LogP contribution in [-0.2, 0) is 15.6 Å². The lowest BCUT2D eigenvalue weighted by Gasteiger charge is -2.00. The number of hydrogen-bond acceptors (Lipinski definition) is 9. The molecule has 0 amide bonds. The zero-order valence-corrected chi connectivity index (χ0v) is 15.5. The monoisotopic (exact) mass is 411 g/mol. The normalized spacial score (nSPS) is 12.1. The van der Waals surface area contributed by atoms with Crippen molar-refractivity contribution in [1.82, 2.24) is 9.97 Å². The lowest BCUT2D eigenvalue weighted by atomic mass is 10.3. The molecule has 3 aromatic rings. The first-order chi connectivity index (χ1) is 14.1. The van der Waals surface area contributed by atoms with Crippen LogP contribution in [0.1, 0.15) is 0 Å². The number of ether oxygens (including phenoxy) is 1. The lowest BCUT2D eigenvalue weighted by Crippen LogP contribution is -1.98. The van der Waals surface area contributed by atoms with Gasteiger partial charge in [0.15, 0.2) is 0 Å². The third kappa shape index (κ3) is 5.49. The minimum atomic E-state index is -1.48. The summed E-state index contributed by atoms with van der Waals surface area (Å²) in [6.07, 6.45) is 5.03. The number of benzene rings is 2. The van der Waals surface area contributed by atoms with Crippen LogP contribution < -0.4 is 4.74 Å². The highest BCUT2D eigenvalue weighted by molar-refractivity contribution is 7.84. The molecule has 0 aliphatic rings. The van der Waals surface area contributed by atoms with Gasteiger partial charge in [-0.05, 0) is 41.6 Å². The first kappa shape index (κ1) is 19.8. The predicted octanol–water partition coefficient (Wildman–Crippen LogP) is 3.25. The molecule has 0 aliphatic heterocycles. The molecule has 3 rings (SSSR count). The average Bonchev–Trinajstić information content (AvgIpc) is 2.77. The van der Waals surface area contributed by atoms with E-state index >= 15 is 0 Å². The standard InChI is InChI=1S/C18H13N5O5S/c24-23(25)16-4-1-2-5-17(16)27-13-22-28-12-21-14-6-8-15(9-7-14)29(26)18-19-10-3-11-20-18/h1-13H/b21-12?,22-13+. The number of para-hydroxylation sites is 2. The fourth-order valence-electron chi connectivity index (χ4n) is 2.06. The summed E-state index contributed by atoms with van der Waals surface area (Å²) in [4.78, 5) is 27.6. The van der Waals surface area contributed by atoms with Crippen LogP contribution in [0.4, 0.5) is 11.4 Å². The van der Waals surface area contributed by atoms with Crippen molar-refractivity contribution in [3.05, 3.63) is 77.1 Å². The van der Waals surface area contributed by atoms with Crippen molar-refractivity contribution in [2.24, 2.45) is 10.1 Å². The number of rotatable bonds is 8. The molecular weight excluding hydrogens is 398 g/mol. The topological polar surface area (TPSA) is 129 Å². The van der Waals surface area contributed by atoms with E-state index in [0.29, 0.717) is 10.6 Å². The Balaban J connectivity index is 1.53. The molecule has 1 unspecified atom stereocenters. The second-order valence-corrected chi connectivity index (χ2v) is 6.56. The maximum absolute atomic E-state index is 12.3. The molecule has 0 bridgehead atoms. The third-order valence-corrected chi connectivity index (χ3v) is 4.60. The van der Waals surface area contributed by atoms with Crippen LogP contribution in [0.15, 0.2) is 87.2 Å². The van der Waals surface area contributed by atoms with Gasteiger partial charge in [0, 0.05) is 23.4 Å². The van der Waals surface area contributed by atoms with Crippen molar-refractivity contribution in [2.75, 3.05) is 0 Å². The van der Waals surface area contributed by atoms with Crippen molar-refractivity contribution >= 4 is 35.0 Å². The number of nitro groups is 1. The highest BCUT2D eigenvalue weighted by Gasteiger charge is 2.12. The van der Waals surface area contributed by atoms with Gasteiger partial charge in [-0.1, -0.05) is 12.1 Å². The van der Waals surface area contributed by atoms with Gasteiger partial charge >= 0.3 is 5.69 Å². The van der Waals surface area contributed by atoms with Gasteiger partial charge in [-0.15, -0.1) is 0 Å². The molecule has 10 nitrogen and oxygen atoms in total. The molecule has 0 radical (unpaired) electrons. The number of aliphatic imine (C=N–C) groups is 1. The van der Waals surface area contributed by atoms with E-state index in [0.717, 1.165) is 12.8 Å². The summed E-state index contributed by atoms with van der Waals surface area (Å²) in [6, 6.07) is 14.1. The fraction of sp³-hybridized carbons (Fsp3) is 0. The molecule has 0 aliphatic carbocycles. The van der Waals surface area contributed by atoms with Gasteiger partial charge in [0.2, 0.25) is 23.7 Å². The molecule has 11 heteroatoms. The molecular formula is C18H13N5O5S. The van der Waals surface area contributed by atoms with Crippen LogP contribution in [0.2, 0.25) is 0 Å². The Morgan fingerprint density at radius 2 is 1.72 bits per heavy atom. The highest BCUT2D eigenvalue weighted by atomic mass is 32.2. The highest BCUT2D eigenvalue weighted by Crippen LogP contribution is 2.25. The summed E-state index contributed by atoms with van der Waals surface area (Å²) in [5.41, 5.74) is 0.348. The van der Waals surface area contributed by atoms with E-state index in [4.69, 9.17) is 9.57 Å². The quantitative estimate of drug-likeness (QED) is 0.183. The molecule has 0 saturated heterocycles. The fourth-order valence-corrected chi connectivity index (χ4v) is 2.97. The molecule has 0 fully saturated rings. The molecule has 0 N–H and O–H groups in total. The van der Waals surface area contributed by atoms with Crippen LogP contribution >= 0.6 is 0 Å². The Morgan fingerprint density at radius 1 is 1.00 bits per heavy atom. The average molecular weight is 411 g/mol. The third-order valence-electron chi connectivity index (χ3n) is 3.35. The maximum atomic E-state index is 12.3. The maximum Gasteiger partial charge on any atom is 0.311 e. The zero-order valence-electron chi connectivity index (χ0n) is 14.7. The molecule has 1 aromatic heterocycles. The molecule has 0 spiro atoms. The summed E-state index contributed by atoms with van der Waals surface area (Å²) >= 11 is 0. The summed E-state index contributed by atoms with van der Waals surface area (Å²) in [7, 11) is -1.48. The van der Waals surface area contributed by atoms with Crippen LogP contribution in [-0.4, -0.2) is 31.9 Å². The van der Waals surface area contributed by atoms with Crippen molar-refractivity contribution in [3.8, 4) is 5.75 Å². The number of aromatic nitrogens is 2. The van der Waals surface area contributed by atoms with E-state index in [-0.39, 0.29) is 16.6 Å². The van der Waals surface area contributed by atoms with Gasteiger partial charge in [-0.25, -0.2) is 19.2 Å². The lowest BCUT2D eigenvalue weighted by molar-refractivity contribution is -0.385. The van der Waals surface area contributed by atoms with Gasteiger partial charge in [0.25, 0.3) is 0 Å². The van der Waals surface area contributed by atoms with Crippen LogP contribution in [0, 0.1) is 10.1 Å². The predicted molar refractivity (Wildman–Crippen MR) is 105 cm³/mol. The number of nitro benzene ring substituents is 1. The van der Waals surface area contributed by atoms with Crippen molar-refractivity contribution in [3.63, 3.8) is 0 Å². The Kier molecular flexibility index (Phi) is 6.68. The van der Waals surface area contributed by atoms with Gasteiger partial charge < -0.3 is 9.57 Å². The first-order valence-corrected chi connectivity index (χ1v) is 9.19. The first-order valence-electron chi connectivity index (χ1n) is 8.04. The van der Waals surface area contributed by atoms with E-state index in [9.17, 15) is 14.3 Å². The van der Waals surface area contributed by atoms with Gasteiger partial charge in [-0.3, -0.25) is 10.1 Å². The largest absolute Gasteiger partial charge is 0.435 e. The number of oxime groups is 1. The zero-order chi connectivity index (χ0) is 20.5. The van der Waals surface area contributed by atoms with Crippen molar-refractivity contribution in [1.29, 1.82) is 0 Å². The number of hydrogen-bond donors (Lipinski definition) is 0. The van der Waals surface area contributed by atoms with Gasteiger partial charge in [0.1, 0.15) is 10.8 Å². The second kappa shape index (κ2) is 9.80. The Labute approximate surface area is 167 Å². The van der Waals surface area contributed by atoms with Crippen molar-refractivity contribution < 1.29 is 18.7 Å². The molecule has 1 atom stereocenters. The van der Waals surface area contributed by atoms with E-state index < -0.39 is 15.7 Å². The van der Waals surface area contributed by atoms with E-state index in [1.165, 1.54) is 30.6 Å². The van der Waals surface area contributed by atoms with E-state index in [1.807, 2.05) is 0 Å². The summed E-state index contributed by atoms with van der Waals surface area (Å²) in [6.45, 7) is 0. The van der Waals surface area contributed by atoms with E-state index in [1.54, 1.807) is 36.4 Å². The van der Waals surface area contributed by atoms with Gasteiger partial charge in [-0.2, -0.15) is 0 Å². The van der Waals surface area contributed by atoms with E-state index in [2.05, 4.69) is 20.1 Å². The summed E-state index contributed by atoms with van der Waals surface area (Å²) in [5, 5.41) is 14.6. The molecule has 29 heavy (non-hydrogen) atoms. The molecule has 0 saturated carbocycles. The SMILES string of the molecule is O=[N+]([O-])c1ccccc1O/C=N/OC=Nc1ccc(S(=O)c2ncccn2)cc1. The Morgan fingerprint density at radius 3 is 2.45 bits per heavy atom. The molecule has 146 valence electrons. The second-order valence-electron chi connectivity index (χ2n) is 5.19. The molecule has 1 heterocycles. The van der Waals surface area contributed by atoms with Gasteiger partial charge in [0.05, 0.1) is 10.6 Å². The van der Waals surface area contributed by atoms with Crippen molar-refractivity contribution in [2.45, 2.75) is 10.1 Å². The summed E-state index contributed by atoms with van der Waals surface area (Å²) in [5.74, 6) is 0.0350. The van der Waals surface area contributed by atoms with Crippen LogP contribution in [0.25, 0.3) is 0 Å². The van der Waals surface area contributed by atoms with Crippen LogP contribution in [0.5, 0.6) is 5.75 Å². The van der Waals surface area contributed by atoms with Crippen LogP contribution in [0.3, 0.4) is 0 Å². The molecule has 2 aromatic carbocycles. The summed E-state index contributed by atoms with van der Waals surface area (Å²) < 4.78 is 17.4. The minimum Gasteiger partial charge on any atom is -0.435 e.